The summed E-state index contributed by atoms with van der Waals surface area (Å²) in [6.07, 6.45) is 0. The van der Waals surface area contributed by atoms with E-state index in [1.165, 1.54) is 12.1 Å². The van der Waals surface area contributed by atoms with E-state index < -0.39 is 12.9 Å². The van der Waals surface area contributed by atoms with Crippen LogP contribution in [-0.4, -0.2) is 17.2 Å². The lowest BCUT2D eigenvalue weighted by Crippen LogP contribution is -2.33. The summed E-state index contributed by atoms with van der Waals surface area (Å²) < 4.78 is 13.5. The highest BCUT2D eigenvalue weighted by molar-refractivity contribution is 6.59. The fourth-order valence-corrected chi connectivity index (χ4v) is 1.82. The summed E-state index contributed by atoms with van der Waals surface area (Å²) in [6, 6.07) is 12.0. The molecule has 0 bridgehead atoms. The number of hydrogen-bond acceptors (Lipinski definition) is 2. The molecular formula is C12H9BClFO2. The minimum Gasteiger partial charge on any atom is -0.423 e. The van der Waals surface area contributed by atoms with Crippen molar-refractivity contribution >= 4 is 24.2 Å². The van der Waals surface area contributed by atoms with E-state index in [0.717, 1.165) is 5.56 Å². The first-order valence-electron chi connectivity index (χ1n) is 5.00. The van der Waals surface area contributed by atoms with Crippen molar-refractivity contribution in [2.24, 2.45) is 0 Å². The van der Waals surface area contributed by atoms with E-state index in [-0.39, 0.29) is 10.5 Å². The summed E-state index contributed by atoms with van der Waals surface area (Å²) in [7, 11) is -1.88. The molecule has 0 aromatic heterocycles. The Kier molecular flexibility index (Phi) is 3.47. The quantitative estimate of drug-likeness (QED) is 0.798. The Bertz CT molecular complexity index is 532. The van der Waals surface area contributed by atoms with Crippen LogP contribution in [0, 0.1) is 5.82 Å². The van der Waals surface area contributed by atoms with Gasteiger partial charge in [0.2, 0.25) is 0 Å². The summed E-state index contributed by atoms with van der Waals surface area (Å²) in [4.78, 5) is 0. The Balaban J connectivity index is 2.57. The van der Waals surface area contributed by atoms with Crippen molar-refractivity contribution in [3.8, 4) is 11.1 Å². The van der Waals surface area contributed by atoms with Crippen LogP contribution in [0.1, 0.15) is 0 Å². The fraction of sp³-hybridized carbons (Fsp3) is 0. The SMILES string of the molecule is OB(O)c1cc(-c2ccccc2)cc(Cl)c1F. The van der Waals surface area contributed by atoms with Crippen molar-refractivity contribution in [2.75, 3.05) is 0 Å². The van der Waals surface area contributed by atoms with Crippen molar-refractivity contribution in [3.05, 3.63) is 53.3 Å². The van der Waals surface area contributed by atoms with Gasteiger partial charge in [-0.25, -0.2) is 4.39 Å². The molecule has 5 heteroatoms. The molecule has 17 heavy (non-hydrogen) atoms. The first kappa shape index (κ1) is 12.1. The summed E-state index contributed by atoms with van der Waals surface area (Å²) in [5.74, 6) is -0.804. The van der Waals surface area contributed by atoms with Crippen molar-refractivity contribution in [1.29, 1.82) is 0 Å². The third kappa shape index (κ3) is 2.49. The van der Waals surface area contributed by atoms with Crippen LogP contribution in [-0.2, 0) is 0 Å². The molecule has 2 rings (SSSR count). The van der Waals surface area contributed by atoms with E-state index in [9.17, 15) is 4.39 Å². The van der Waals surface area contributed by atoms with Gasteiger partial charge in [-0.05, 0) is 17.2 Å². The normalized spacial score (nSPS) is 10.4. The molecule has 0 aliphatic heterocycles. The maximum Gasteiger partial charge on any atom is 0.491 e. The lowest BCUT2D eigenvalue weighted by Gasteiger charge is -2.08. The Labute approximate surface area is 103 Å². The molecular weight excluding hydrogens is 241 g/mol. The van der Waals surface area contributed by atoms with Gasteiger partial charge in [-0.2, -0.15) is 0 Å². The number of benzene rings is 2. The zero-order chi connectivity index (χ0) is 12.4. The number of rotatable bonds is 2. The van der Waals surface area contributed by atoms with Crippen LogP contribution in [0.2, 0.25) is 5.02 Å². The van der Waals surface area contributed by atoms with Crippen LogP contribution in [0.25, 0.3) is 11.1 Å². The molecule has 2 N–H and O–H groups in total. The van der Waals surface area contributed by atoms with Crippen LogP contribution in [0.4, 0.5) is 4.39 Å². The van der Waals surface area contributed by atoms with Gasteiger partial charge in [-0.15, -0.1) is 0 Å². The molecule has 86 valence electrons. The third-order valence-electron chi connectivity index (χ3n) is 2.44. The molecule has 0 saturated heterocycles. The Morgan fingerprint density at radius 1 is 1.00 bits per heavy atom. The van der Waals surface area contributed by atoms with Gasteiger partial charge < -0.3 is 10.0 Å². The van der Waals surface area contributed by atoms with Gasteiger partial charge in [0.05, 0.1) is 5.02 Å². The molecule has 0 atom stereocenters. The Hall–Kier alpha value is -1.36. The monoisotopic (exact) mass is 250 g/mol. The number of hydrogen-bond donors (Lipinski definition) is 2. The summed E-state index contributed by atoms with van der Waals surface area (Å²) in [5.41, 5.74) is 1.24. The number of halogens is 2. The van der Waals surface area contributed by atoms with Gasteiger partial charge in [0.15, 0.2) is 0 Å². The molecule has 0 aliphatic carbocycles. The van der Waals surface area contributed by atoms with Crippen LogP contribution < -0.4 is 5.46 Å². The average Bonchev–Trinajstić information content (AvgIpc) is 2.33. The highest BCUT2D eigenvalue weighted by Crippen LogP contribution is 2.23. The predicted octanol–water partition coefficient (Wildman–Crippen LogP) is 1.83. The maximum absolute atomic E-state index is 13.5. The van der Waals surface area contributed by atoms with Gasteiger partial charge in [0.25, 0.3) is 0 Å². The minimum absolute atomic E-state index is 0.130. The Morgan fingerprint density at radius 2 is 1.65 bits per heavy atom. The molecule has 0 radical (unpaired) electrons. The molecule has 0 saturated carbocycles. The largest absolute Gasteiger partial charge is 0.491 e. The van der Waals surface area contributed by atoms with Crippen LogP contribution in [0.15, 0.2) is 42.5 Å². The fourth-order valence-electron chi connectivity index (χ4n) is 1.60. The summed E-state index contributed by atoms with van der Waals surface area (Å²) in [6.45, 7) is 0. The van der Waals surface area contributed by atoms with E-state index in [4.69, 9.17) is 21.6 Å². The van der Waals surface area contributed by atoms with Crippen molar-refractivity contribution in [3.63, 3.8) is 0 Å². The predicted molar refractivity (Wildman–Crippen MR) is 66.7 cm³/mol. The second-order valence-electron chi connectivity index (χ2n) is 3.60. The van der Waals surface area contributed by atoms with Crippen molar-refractivity contribution in [2.45, 2.75) is 0 Å². The minimum atomic E-state index is -1.88. The molecule has 0 fully saturated rings. The van der Waals surface area contributed by atoms with E-state index in [1.54, 1.807) is 0 Å². The van der Waals surface area contributed by atoms with Crippen molar-refractivity contribution < 1.29 is 14.4 Å². The second-order valence-corrected chi connectivity index (χ2v) is 4.01. The summed E-state index contributed by atoms with van der Waals surface area (Å²) >= 11 is 5.72. The molecule has 0 unspecified atom stereocenters. The molecule has 0 heterocycles. The first-order chi connectivity index (χ1) is 8.09. The smallest absolute Gasteiger partial charge is 0.423 e. The van der Waals surface area contributed by atoms with Gasteiger partial charge in [-0.1, -0.05) is 48.0 Å². The van der Waals surface area contributed by atoms with Gasteiger partial charge in [-0.3, -0.25) is 0 Å². The highest BCUT2D eigenvalue weighted by Gasteiger charge is 2.20. The van der Waals surface area contributed by atoms with Crippen LogP contribution >= 0.6 is 11.6 Å². The van der Waals surface area contributed by atoms with Crippen molar-refractivity contribution in [1.82, 2.24) is 0 Å². The zero-order valence-corrected chi connectivity index (χ0v) is 9.53. The molecule has 0 spiro atoms. The first-order valence-corrected chi connectivity index (χ1v) is 5.38. The average molecular weight is 250 g/mol. The maximum atomic E-state index is 13.5. The topological polar surface area (TPSA) is 40.5 Å². The van der Waals surface area contributed by atoms with Gasteiger partial charge in [0, 0.05) is 5.46 Å². The van der Waals surface area contributed by atoms with E-state index in [2.05, 4.69) is 0 Å². The van der Waals surface area contributed by atoms with E-state index in [0.29, 0.717) is 5.56 Å². The van der Waals surface area contributed by atoms with Gasteiger partial charge >= 0.3 is 7.12 Å². The summed E-state index contributed by atoms with van der Waals surface area (Å²) in [5, 5.41) is 18.0. The zero-order valence-electron chi connectivity index (χ0n) is 8.77. The lowest BCUT2D eigenvalue weighted by atomic mass is 9.78. The van der Waals surface area contributed by atoms with Gasteiger partial charge in [0.1, 0.15) is 5.82 Å². The van der Waals surface area contributed by atoms with Crippen LogP contribution in [0.5, 0.6) is 0 Å². The third-order valence-corrected chi connectivity index (χ3v) is 2.72. The molecule has 2 nitrogen and oxygen atoms in total. The van der Waals surface area contributed by atoms with E-state index >= 15 is 0 Å². The lowest BCUT2D eigenvalue weighted by molar-refractivity contribution is 0.423. The molecule has 2 aromatic rings. The molecule has 0 amide bonds. The highest BCUT2D eigenvalue weighted by atomic mass is 35.5. The standard InChI is InChI=1S/C12H9BClFO2/c14-11-7-9(8-4-2-1-3-5-8)6-10(12(11)15)13(16)17/h1-7,16-17H. The Morgan fingerprint density at radius 3 is 2.24 bits per heavy atom. The van der Waals surface area contributed by atoms with E-state index in [1.807, 2.05) is 30.3 Å². The molecule has 2 aromatic carbocycles. The second kappa shape index (κ2) is 4.88. The molecule has 0 aliphatic rings. The van der Waals surface area contributed by atoms with Crippen LogP contribution in [0.3, 0.4) is 0 Å².